The smallest absolute Gasteiger partial charge is 0.136 e. The Morgan fingerprint density at radius 1 is 0.242 bits per heavy atom. The number of nitrogens with zero attached hydrogens (tertiary/aromatic N) is 2. The van der Waals surface area contributed by atoms with Gasteiger partial charge >= 0.3 is 0 Å². The van der Waals surface area contributed by atoms with Gasteiger partial charge in [0, 0.05) is 58.2 Å². The maximum Gasteiger partial charge on any atom is 0.136 e. The summed E-state index contributed by atoms with van der Waals surface area (Å²) in [6.45, 7) is 4.41. The van der Waals surface area contributed by atoms with Crippen LogP contribution < -0.4 is 0 Å². The average Bonchev–Trinajstić information content (AvgIpc) is 0.920. The number of aryl methyl sites for hydroxylation is 3. The molecule has 0 aliphatic rings. The van der Waals surface area contributed by atoms with Gasteiger partial charge in [-0.1, -0.05) is 298 Å². The maximum absolute atomic E-state index is 6.39. The van der Waals surface area contributed by atoms with Crippen molar-refractivity contribution < 1.29 is 4.42 Å². The molecule has 124 heavy (non-hydrogen) atoms. The van der Waals surface area contributed by atoms with Crippen LogP contribution in [-0.4, -0.2) is 9.55 Å². The monoisotopic (exact) mass is 1610 g/mol. The Hall–Kier alpha value is -15.1. The average molecular weight is 1620 g/mol. The Morgan fingerprint density at radius 3 is 1.15 bits per heavy atom. The summed E-state index contributed by atoms with van der Waals surface area (Å²) < 4.78 is 13.8. The van der Waals surface area contributed by atoms with Crippen LogP contribution in [-0.2, 0) is 13.5 Å². The van der Waals surface area contributed by atoms with Crippen LogP contribution in [0.1, 0.15) is 18.1 Å². The third kappa shape index (κ3) is 12.4. The second-order valence-corrected chi connectivity index (χ2v) is 35.3. The second kappa shape index (κ2) is 29.7. The predicted molar refractivity (Wildman–Crippen MR) is 536 cm³/mol. The lowest BCUT2D eigenvalue weighted by molar-refractivity contribution is 0.669. The van der Waals surface area contributed by atoms with Crippen LogP contribution in [0.3, 0.4) is 0 Å². The molecule has 4 heterocycles. The van der Waals surface area contributed by atoms with E-state index in [1.807, 2.05) is 36.0 Å². The van der Waals surface area contributed by atoms with Crippen molar-refractivity contribution in [3.8, 4) is 77.9 Å². The zero-order valence-electron chi connectivity index (χ0n) is 68.5. The van der Waals surface area contributed by atoms with E-state index in [-0.39, 0.29) is 0 Å². The Labute approximate surface area is 724 Å². The van der Waals surface area contributed by atoms with Crippen LogP contribution in [0, 0.1) is 6.92 Å². The number of hydrogen-bond donors (Lipinski definition) is 0. The molecule has 0 spiro atoms. The Balaban J connectivity index is 0.000000109. The summed E-state index contributed by atoms with van der Waals surface area (Å²) >= 11 is 3.75. The molecule has 0 unspecified atom stereocenters. The zero-order chi connectivity index (χ0) is 82.2. The summed E-state index contributed by atoms with van der Waals surface area (Å²) in [5.74, 6) is 0. The standard InChI is InChI=1S/C48H28S2.C45H32O.C26H18N2/c1-2-11-37-35(10-1)36-12-3-4-15-40(36)48-34(16-9-17-41(37)48)33-25-31(29-20-22-46-42(27-29)38-13-5-7-18-44(38)49-46)24-32(26-33)30-21-23-47-43(28-30)39-14-6-8-19-45(39)50-47;1-3-29-13-17-38-39-18-14-32(25-42(39)37-12-8-7-11-36(37)41(38)23-29)34-21-28(2)22-35(24-34)33-15-19-40-43-26-31(30-9-5-4-6-10-30)16-20-44(43)46-45(40)27-33;1-28-16-27-25-13-11-18(15-26(25)28)17-10-12-23-21-8-3-2-6-19(21)20-7-4-5-9-22(20)24(23)14-17/h1-28H;4-27H,3H2,1-2H3;2-16H,1H3. The van der Waals surface area contributed by atoms with E-state index in [1.54, 1.807) is 0 Å². The first-order valence-electron chi connectivity index (χ1n) is 42.8. The first-order chi connectivity index (χ1) is 61.2. The van der Waals surface area contributed by atoms with Crippen molar-refractivity contribution in [3.63, 3.8) is 0 Å². The van der Waals surface area contributed by atoms with Gasteiger partial charge in [0.2, 0.25) is 0 Å². The molecule has 0 fully saturated rings. The summed E-state index contributed by atoms with van der Waals surface area (Å²) in [6, 6.07) is 148. The molecule has 26 rings (SSSR count). The highest BCUT2D eigenvalue weighted by Crippen LogP contribution is 2.48. The molecular weight excluding hydrogens is 1540 g/mol. The van der Waals surface area contributed by atoms with Crippen molar-refractivity contribution in [3.05, 3.63) is 418 Å². The lowest BCUT2D eigenvalue weighted by atomic mass is 9.87. The zero-order valence-corrected chi connectivity index (χ0v) is 70.1. The Bertz CT molecular complexity index is 8670. The highest BCUT2D eigenvalue weighted by Gasteiger charge is 2.21. The van der Waals surface area contributed by atoms with Crippen molar-refractivity contribution in [2.75, 3.05) is 0 Å². The third-order valence-electron chi connectivity index (χ3n) is 25.9. The van der Waals surface area contributed by atoms with E-state index in [4.69, 9.17) is 4.42 Å². The normalized spacial score (nSPS) is 11.9. The van der Waals surface area contributed by atoms with Gasteiger partial charge in [0.05, 0.1) is 17.4 Å². The number of rotatable bonds is 8. The van der Waals surface area contributed by atoms with Crippen LogP contribution in [0.5, 0.6) is 0 Å². The van der Waals surface area contributed by atoms with Crippen LogP contribution >= 0.6 is 22.7 Å². The molecule has 0 amide bonds. The fourth-order valence-electron chi connectivity index (χ4n) is 19.8. The molecule has 5 heteroatoms. The topological polar surface area (TPSA) is 31.0 Å². The first kappa shape index (κ1) is 72.9. The van der Waals surface area contributed by atoms with Gasteiger partial charge in [0.15, 0.2) is 0 Å². The van der Waals surface area contributed by atoms with E-state index < -0.39 is 0 Å². The molecule has 582 valence electrons. The largest absolute Gasteiger partial charge is 0.456 e. The summed E-state index contributed by atoms with van der Waals surface area (Å²) in [7, 11) is 2.04. The van der Waals surface area contributed by atoms with Crippen LogP contribution in [0.4, 0.5) is 0 Å². The van der Waals surface area contributed by atoms with E-state index >= 15 is 0 Å². The van der Waals surface area contributed by atoms with E-state index in [0.29, 0.717) is 0 Å². The Morgan fingerprint density at radius 2 is 0.605 bits per heavy atom. The Kier molecular flexibility index (Phi) is 17.4. The minimum absolute atomic E-state index is 0.913. The van der Waals surface area contributed by atoms with Crippen molar-refractivity contribution in [2.45, 2.75) is 20.3 Å². The molecular formula is C119H78N2OS2. The van der Waals surface area contributed by atoms with Crippen molar-refractivity contribution in [1.29, 1.82) is 0 Å². The number of benzene rings is 22. The van der Waals surface area contributed by atoms with E-state index in [0.717, 1.165) is 45.0 Å². The minimum atomic E-state index is 0.913. The highest BCUT2D eigenvalue weighted by atomic mass is 32.1. The van der Waals surface area contributed by atoms with Crippen molar-refractivity contribution in [2.24, 2.45) is 7.05 Å². The van der Waals surface area contributed by atoms with Crippen molar-refractivity contribution >= 4 is 193 Å². The van der Waals surface area contributed by atoms with Gasteiger partial charge in [-0.2, -0.15) is 0 Å². The van der Waals surface area contributed by atoms with E-state index in [1.165, 1.54) is 221 Å². The number of fused-ring (bicyclic) bond motifs is 28. The fraction of sp³-hybridized carbons (Fsp3) is 0.0336. The van der Waals surface area contributed by atoms with Gasteiger partial charge in [-0.3, -0.25) is 0 Å². The number of imidazole rings is 1. The summed E-state index contributed by atoms with van der Waals surface area (Å²) in [5, 5.41) is 31.1. The molecule has 0 bridgehead atoms. The summed E-state index contributed by atoms with van der Waals surface area (Å²) in [6.07, 6.45) is 2.91. The lowest BCUT2D eigenvalue weighted by Gasteiger charge is -2.16. The number of thiophene rings is 2. The maximum atomic E-state index is 6.39. The second-order valence-electron chi connectivity index (χ2n) is 33.2. The molecule has 0 aliphatic heterocycles. The van der Waals surface area contributed by atoms with Crippen molar-refractivity contribution in [1.82, 2.24) is 9.55 Å². The summed E-state index contributed by atoms with van der Waals surface area (Å²) in [4.78, 5) is 4.44. The SMILES string of the molecule is CCc1ccc2c3ccc(-c4cc(C)cc(-c5ccc6c(c5)oc5ccc(-c7ccccc7)cc56)c4)cc3c3ccccc3c2c1.Cn1cnc2ccc(-c3ccc4c5ccccc5c5ccccc5c4c3)cc21.c1ccc2c(c1)sc1ccc(-c3cc(-c4ccc5sc6ccccc6c5c4)cc(-c4cccc5c6ccccc6c6ccccc6c45)c3)cc12. The van der Waals surface area contributed by atoms with Gasteiger partial charge in [-0.05, 0) is 309 Å². The molecule has 0 radical (unpaired) electrons. The van der Waals surface area contributed by atoms with E-state index in [2.05, 4.69) is 424 Å². The minimum Gasteiger partial charge on any atom is -0.456 e. The lowest BCUT2D eigenvalue weighted by Crippen LogP contribution is -1.89. The number of furan rings is 1. The number of hydrogen-bond acceptors (Lipinski definition) is 4. The molecule has 3 nitrogen and oxygen atoms in total. The van der Waals surface area contributed by atoms with Gasteiger partial charge in [0.25, 0.3) is 0 Å². The molecule has 0 saturated heterocycles. The predicted octanol–water partition coefficient (Wildman–Crippen LogP) is 34.5. The van der Waals surface area contributed by atoms with Crippen LogP contribution in [0.25, 0.3) is 248 Å². The van der Waals surface area contributed by atoms with E-state index in [9.17, 15) is 0 Å². The molecule has 0 saturated carbocycles. The highest BCUT2D eigenvalue weighted by molar-refractivity contribution is 7.26. The molecule has 4 aromatic heterocycles. The third-order valence-corrected chi connectivity index (χ3v) is 28.2. The van der Waals surface area contributed by atoms with Gasteiger partial charge in [-0.25, -0.2) is 4.98 Å². The number of aromatic nitrogens is 2. The first-order valence-corrected chi connectivity index (χ1v) is 44.4. The molecule has 0 aliphatic carbocycles. The molecule has 0 N–H and O–H groups in total. The quantitative estimate of drug-likeness (QED) is 0.142. The molecule has 0 atom stereocenters. The van der Waals surface area contributed by atoms with Gasteiger partial charge < -0.3 is 8.98 Å². The van der Waals surface area contributed by atoms with Crippen LogP contribution in [0.15, 0.2) is 411 Å². The van der Waals surface area contributed by atoms with Crippen LogP contribution in [0.2, 0.25) is 0 Å². The van der Waals surface area contributed by atoms with Gasteiger partial charge in [-0.15, -0.1) is 22.7 Å². The molecule has 26 aromatic rings. The molecule has 22 aromatic carbocycles. The van der Waals surface area contributed by atoms with Gasteiger partial charge in [0.1, 0.15) is 11.2 Å². The summed E-state index contributed by atoms with van der Waals surface area (Å²) in [5.41, 5.74) is 23.7. The fourth-order valence-corrected chi connectivity index (χ4v) is 22.0.